The molecule has 0 bridgehead atoms. The summed E-state index contributed by atoms with van der Waals surface area (Å²) in [6.45, 7) is 0. The number of fused-ring (bicyclic) bond motifs is 3. The lowest BCUT2D eigenvalue weighted by atomic mass is 9.99. The van der Waals surface area contributed by atoms with Crippen LogP contribution in [0.3, 0.4) is 0 Å². The van der Waals surface area contributed by atoms with Gasteiger partial charge in [0, 0.05) is 17.5 Å². The van der Waals surface area contributed by atoms with E-state index in [0.29, 0.717) is 0 Å². The first kappa shape index (κ1) is 8.30. The predicted molar refractivity (Wildman–Crippen MR) is 63.4 cm³/mol. The third kappa shape index (κ3) is 1.33. The fourth-order valence-electron chi connectivity index (χ4n) is 1.87. The van der Waals surface area contributed by atoms with Crippen LogP contribution in [0.15, 0.2) is 48.7 Å². The molecule has 0 amide bonds. The van der Waals surface area contributed by atoms with Crippen LogP contribution in [0.25, 0.3) is 17.2 Å². The Morgan fingerprint density at radius 2 is 1.93 bits per heavy atom. The smallest absolute Gasteiger partial charge is 0.0459 e. The highest BCUT2D eigenvalue weighted by atomic mass is 14.8. The van der Waals surface area contributed by atoms with E-state index in [1.54, 1.807) is 0 Å². The largest absolute Gasteiger partial charge is 0.361 e. The molecule has 2 aromatic carbocycles. The standard InChI is InChI=1S/C14H10N/c1-2-6-12-11(5-1)9-10-15-14-8-4-3-7-13(12)14/h1-5,7-10,15H. The molecule has 1 nitrogen and oxygen atoms in total. The normalized spacial score (nSPS) is 12.3. The Morgan fingerprint density at radius 1 is 1.00 bits per heavy atom. The van der Waals surface area contributed by atoms with Crippen LogP contribution >= 0.6 is 0 Å². The highest BCUT2D eigenvalue weighted by Crippen LogP contribution is 2.32. The van der Waals surface area contributed by atoms with Gasteiger partial charge in [0.15, 0.2) is 0 Å². The molecule has 0 saturated heterocycles. The fourth-order valence-corrected chi connectivity index (χ4v) is 1.87. The molecule has 1 radical (unpaired) electrons. The second-order valence-corrected chi connectivity index (χ2v) is 3.52. The van der Waals surface area contributed by atoms with Crippen molar-refractivity contribution in [2.24, 2.45) is 0 Å². The van der Waals surface area contributed by atoms with Crippen molar-refractivity contribution in [3.8, 4) is 11.1 Å². The Bertz CT molecular complexity index is 526. The van der Waals surface area contributed by atoms with E-state index in [0.717, 1.165) is 11.3 Å². The average molecular weight is 192 g/mol. The quantitative estimate of drug-likeness (QED) is 0.673. The summed E-state index contributed by atoms with van der Waals surface area (Å²) in [6, 6.07) is 17.6. The maximum Gasteiger partial charge on any atom is 0.0459 e. The van der Waals surface area contributed by atoms with Crippen molar-refractivity contribution in [3.05, 3.63) is 60.3 Å². The number of benzene rings is 2. The van der Waals surface area contributed by atoms with Crippen LogP contribution in [0, 0.1) is 6.07 Å². The zero-order valence-corrected chi connectivity index (χ0v) is 8.20. The molecule has 71 valence electrons. The molecule has 0 aromatic heterocycles. The van der Waals surface area contributed by atoms with Crippen LogP contribution in [0.2, 0.25) is 0 Å². The number of para-hydroxylation sites is 1. The van der Waals surface area contributed by atoms with Crippen molar-refractivity contribution >= 4 is 11.8 Å². The molecular weight excluding hydrogens is 182 g/mol. The van der Waals surface area contributed by atoms with Crippen molar-refractivity contribution in [1.82, 2.24) is 0 Å². The summed E-state index contributed by atoms with van der Waals surface area (Å²) >= 11 is 0. The summed E-state index contributed by atoms with van der Waals surface area (Å²) in [6.07, 6.45) is 4.05. The van der Waals surface area contributed by atoms with E-state index in [9.17, 15) is 0 Å². The molecule has 1 aliphatic rings. The highest BCUT2D eigenvalue weighted by molar-refractivity contribution is 5.86. The lowest BCUT2D eigenvalue weighted by Crippen LogP contribution is -1.88. The van der Waals surface area contributed by atoms with Crippen LogP contribution in [-0.4, -0.2) is 0 Å². The maximum absolute atomic E-state index is 3.29. The third-order valence-electron chi connectivity index (χ3n) is 2.59. The van der Waals surface area contributed by atoms with Crippen molar-refractivity contribution in [2.75, 3.05) is 5.32 Å². The molecule has 0 unspecified atom stereocenters. The Kier molecular flexibility index (Phi) is 1.82. The van der Waals surface area contributed by atoms with E-state index in [1.165, 1.54) is 11.1 Å². The van der Waals surface area contributed by atoms with E-state index < -0.39 is 0 Å². The topological polar surface area (TPSA) is 12.0 Å². The maximum atomic E-state index is 3.29. The number of hydrogen-bond acceptors (Lipinski definition) is 1. The first-order valence-electron chi connectivity index (χ1n) is 4.98. The number of anilines is 1. The van der Waals surface area contributed by atoms with E-state index in [1.807, 2.05) is 24.4 Å². The molecule has 15 heavy (non-hydrogen) atoms. The van der Waals surface area contributed by atoms with Gasteiger partial charge in [0.05, 0.1) is 0 Å². The fraction of sp³-hybridized carbons (Fsp3) is 0. The lowest BCUT2D eigenvalue weighted by Gasteiger charge is -2.07. The number of rotatable bonds is 0. The molecule has 0 fully saturated rings. The van der Waals surface area contributed by atoms with Crippen LogP contribution in [0.1, 0.15) is 5.56 Å². The van der Waals surface area contributed by atoms with Gasteiger partial charge in [-0.1, -0.05) is 36.4 Å². The molecule has 0 spiro atoms. The minimum Gasteiger partial charge on any atom is -0.361 e. The summed E-state index contributed by atoms with van der Waals surface area (Å²) in [4.78, 5) is 0. The first-order valence-corrected chi connectivity index (χ1v) is 4.98. The average Bonchev–Trinajstić information content (AvgIpc) is 2.48. The second kappa shape index (κ2) is 3.28. The van der Waals surface area contributed by atoms with Crippen molar-refractivity contribution < 1.29 is 0 Å². The minimum absolute atomic E-state index is 1.13. The molecule has 0 atom stereocenters. The Labute approximate surface area is 89.1 Å². The van der Waals surface area contributed by atoms with Crippen molar-refractivity contribution in [1.29, 1.82) is 0 Å². The summed E-state index contributed by atoms with van der Waals surface area (Å²) in [7, 11) is 0. The van der Waals surface area contributed by atoms with Gasteiger partial charge in [-0.2, -0.15) is 0 Å². The van der Waals surface area contributed by atoms with Gasteiger partial charge in [-0.3, -0.25) is 0 Å². The van der Waals surface area contributed by atoms with Crippen molar-refractivity contribution in [3.63, 3.8) is 0 Å². The third-order valence-corrected chi connectivity index (χ3v) is 2.59. The molecule has 1 aliphatic heterocycles. The minimum atomic E-state index is 1.13. The molecule has 1 heterocycles. The van der Waals surface area contributed by atoms with Gasteiger partial charge < -0.3 is 5.32 Å². The Hall–Kier alpha value is -2.02. The summed E-state index contributed by atoms with van der Waals surface area (Å²) in [5, 5.41) is 3.27. The lowest BCUT2D eigenvalue weighted by molar-refractivity contribution is 1.57. The van der Waals surface area contributed by atoms with Gasteiger partial charge >= 0.3 is 0 Å². The zero-order valence-electron chi connectivity index (χ0n) is 8.20. The molecule has 0 saturated carbocycles. The van der Waals surface area contributed by atoms with Gasteiger partial charge in [-0.05, 0) is 29.3 Å². The van der Waals surface area contributed by atoms with Gasteiger partial charge in [0.2, 0.25) is 0 Å². The van der Waals surface area contributed by atoms with Crippen molar-refractivity contribution in [2.45, 2.75) is 0 Å². The van der Waals surface area contributed by atoms with Crippen LogP contribution in [0.4, 0.5) is 5.69 Å². The van der Waals surface area contributed by atoms with Gasteiger partial charge in [-0.25, -0.2) is 0 Å². The number of hydrogen-bond donors (Lipinski definition) is 1. The van der Waals surface area contributed by atoms with Gasteiger partial charge in [0.25, 0.3) is 0 Å². The Morgan fingerprint density at radius 3 is 2.93 bits per heavy atom. The molecular formula is C14H10N. The van der Waals surface area contributed by atoms with E-state index in [4.69, 9.17) is 0 Å². The molecule has 2 aromatic rings. The van der Waals surface area contributed by atoms with Gasteiger partial charge in [0.1, 0.15) is 0 Å². The zero-order chi connectivity index (χ0) is 10.1. The SMILES string of the molecule is [c]1cccc2c1-c1ccccc1NC=C2. The molecule has 1 heteroatoms. The second-order valence-electron chi connectivity index (χ2n) is 3.52. The first-order chi connectivity index (χ1) is 7.45. The van der Waals surface area contributed by atoms with Crippen LogP contribution in [0.5, 0.6) is 0 Å². The van der Waals surface area contributed by atoms with E-state index in [-0.39, 0.29) is 0 Å². The molecule has 1 N–H and O–H groups in total. The highest BCUT2D eigenvalue weighted by Gasteiger charge is 2.09. The summed E-state index contributed by atoms with van der Waals surface area (Å²) in [5.41, 5.74) is 4.71. The van der Waals surface area contributed by atoms with Crippen LogP contribution in [-0.2, 0) is 0 Å². The van der Waals surface area contributed by atoms with E-state index in [2.05, 4.69) is 41.7 Å². The monoisotopic (exact) mass is 192 g/mol. The predicted octanol–water partition coefficient (Wildman–Crippen LogP) is 3.55. The van der Waals surface area contributed by atoms with Gasteiger partial charge in [-0.15, -0.1) is 0 Å². The summed E-state index contributed by atoms with van der Waals surface area (Å²) in [5.74, 6) is 0. The summed E-state index contributed by atoms with van der Waals surface area (Å²) < 4.78 is 0. The molecule has 0 aliphatic carbocycles. The van der Waals surface area contributed by atoms with Crippen LogP contribution < -0.4 is 5.32 Å². The van der Waals surface area contributed by atoms with E-state index >= 15 is 0 Å². The Balaban J connectivity index is 2.33. The number of nitrogens with one attached hydrogen (secondary N) is 1. The molecule has 3 rings (SSSR count).